The lowest BCUT2D eigenvalue weighted by molar-refractivity contribution is -0.160. The maximum Gasteiger partial charge on any atom is 0.375 e. The summed E-state index contributed by atoms with van der Waals surface area (Å²) in [5, 5.41) is 0. The van der Waals surface area contributed by atoms with E-state index in [4.69, 9.17) is 4.74 Å². The average molecular weight is 214 g/mol. The minimum absolute atomic E-state index is 0.0162. The van der Waals surface area contributed by atoms with Crippen LogP contribution in [-0.2, 0) is 23.9 Å². The summed E-state index contributed by atoms with van der Waals surface area (Å²) in [5.41, 5.74) is 0. The van der Waals surface area contributed by atoms with Crippen molar-refractivity contribution in [2.75, 3.05) is 13.2 Å². The van der Waals surface area contributed by atoms with Crippen LogP contribution in [-0.4, -0.2) is 36.9 Å². The lowest BCUT2D eigenvalue weighted by Gasteiger charge is -2.23. The van der Waals surface area contributed by atoms with Crippen molar-refractivity contribution in [2.24, 2.45) is 5.92 Å². The molecule has 5 nitrogen and oxygen atoms in total. The second kappa shape index (κ2) is 5.02. The molecular formula is C10H14O5. The first-order valence-corrected chi connectivity index (χ1v) is 4.91. The van der Waals surface area contributed by atoms with Crippen molar-refractivity contribution in [2.45, 2.75) is 26.4 Å². The summed E-state index contributed by atoms with van der Waals surface area (Å²) in [6.07, 6.45) is -0.000687. The molecule has 1 fully saturated rings. The second-order valence-electron chi connectivity index (χ2n) is 3.45. The molecule has 1 aliphatic heterocycles. The molecule has 2 atom stereocenters. The van der Waals surface area contributed by atoms with Gasteiger partial charge in [0.1, 0.15) is 11.7 Å². The van der Waals surface area contributed by atoms with Gasteiger partial charge >= 0.3 is 5.97 Å². The maximum atomic E-state index is 11.4. The van der Waals surface area contributed by atoms with E-state index in [2.05, 4.69) is 4.74 Å². The van der Waals surface area contributed by atoms with Crippen molar-refractivity contribution >= 4 is 17.5 Å². The Morgan fingerprint density at radius 2 is 2.20 bits per heavy atom. The molecule has 1 rings (SSSR count). The van der Waals surface area contributed by atoms with Crippen LogP contribution in [0.4, 0.5) is 0 Å². The van der Waals surface area contributed by atoms with Crippen LogP contribution in [0.2, 0.25) is 0 Å². The van der Waals surface area contributed by atoms with Crippen LogP contribution in [0.5, 0.6) is 0 Å². The van der Waals surface area contributed by atoms with Crippen molar-refractivity contribution in [1.29, 1.82) is 0 Å². The molecule has 84 valence electrons. The fourth-order valence-electron chi connectivity index (χ4n) is 1.40. The summed E-state index contributed by atoms with van der Waals surface area (Å²) in [4.78, 5) is 34.0. The van der Waals surface area contributed by atoms with Gasteiger partial charge in [-0.3, -0.25) is 9.59 Å². The van der Waals surface area contributed by atoms with Gasteiger partial charge in [0, 0.05) is 6.42 Å². The van der Waals surface area contributed by atoms with Crippen molar-refractivity contribution in [3.8, 4) is 0 Å². The largest absolute Gasteiger partial charge is 0.460 e. The summed E-state index contributed by atoms with van der Waals surface area (Å²) >= 11 is 0. The van der Waals surface area contributed by atoms with E-state index in [0.29, 0.717) is 0 Å². The average Bonchev–Trinajstić information content (AvgIpc) is 2.17. The van der Waals surface area contributed by atoms with Crippen molar-refractivity contribution in [3.63, 3.8) is 0 Å². The number of ketones is 2. The normalized spacial score (nSPS) is 26.1. The molecule has 0 spiro atoms. The Kier molecular flexibility index (Phi) is 3.96. The van der Waals surface area contributed by atoms with Crippen molar-refractivity contribution in [1.82, 2.24) is 0 Å². The SMILES string of the molecule is CCOC(=O)C(=O)C1COC(C)CC1=O. The standard InChI is InChI=1S/C10H14O5/c1-3-14-10(13)9(12)7-5-15-6(2)4-8(7)11/h6-7H,3-5H2,1-2H3. The number of rotatable bonds is 3. The third kappa shape index (κ3) is 2.86. The van der Waals surface area contributed by atoms with Crippen LogP contribution in [0.25, 0.3) is 0 Å². The molecule has 2 unspecified atom stereocenters. The van der Waals surface area contributed by atoms with E-state index in [1.165, 1.54) is 0 Å². The van der Waals surface area contributed by atoms with Crippen LogP contribution in [0.15, 0.2) is 0 Å². The molecule has 1 saturated heterocycles. The van der Waals surface area contributed by atoms with E-state index >= 15 is 0 Å². The summed E-state index contributed by atoms with van der Waals surface area (Å²) in [6.45, 7) is 3.47. The fraction of sp³-hybridized carbons (Fsp3) is 0.700. The van der Waals surface area contributed by atoms with Crippen LogP contribution < -0.4 is 0 Å². The molecule has 0 saturated carbocycles. The Hall–Kier alpha value is -1.23. The number of carbonyl (C=O) groups is 3. The van der Waals surface area contributed by atoms with Crippen molar-refractivity contribution < 1.29 is 23.9 Å². The van der Waals surface area contributed by atoms with Crippen LogP contribution in [0, 0.1) is 5.92 Å². The predicted molar refractivity (Wildman–Crippen MR) is 50.2 cm³/mol. The monoisotopic (exact) mass is 214 g/mol. The van der Waals surface area contributed by atoms with Gasteiger partial charge in [0.25, 0.3) is 5.78 Å². The number of carbonyl (C=O) groups excluding carboxylic acids is 3. The molecule has 0 aromatic carbocycles. The molecule has 5 heteroatoms. The zero-order valence-corrected chi connectivity index (χ0v) is 8.82. The highest BCUT2D eigenvalue weighted by atomic mass is 16.5. The third-order valence-corrected chi connectivity index (χ3v) is 2.22. The zero-order chi connectivity index (χ0) is 11.4. The van der Waals surface area contributed by atoms with Gasteiger partial charge in [-0.1, -0.05) is 0 Å². The number of hydrogen-bond donors (Lipinski definition) is 0. The van der Waals surface area contributed by atoms with Crippen molar-refractivity contribution in [3.05, 3.63) is 0 Å². The third-order valence-electron chi connectivity index (χ3n) is 2.22. The Morgan fingerprint density at radius 3 is 2.73 bits per heavy atom. The Balaban J connectivity index is 2.60. The van der Waals surface area contributed by atoms with Crippen LogP contribution >= 0.6 is 0 Å². The topological polar surface area (TPSA) is 69.7 Å². The quantitative estimate of drug-likeness (QED) is 0.379. The van der Waals surface area contributed by atoms with Gasteiger partial charge in [0.15, 0.2) is 0 Å². The molecule has 1 heterocycles. The van der Waals surface area contributed by atoms with Crippen LogP contribution in [0.1, 0.15) is 20.3 Å². The van der Waals surface area contributed by atoms with E-state index < -0.39 is 17.7 Å². The fourth-order valence-corrected chi connectivity index (χ4v) is 1.40. The smallest absolute Gasteiger partial charge is 0.375 e. The second-order valence-corrected chi connectivity index (χ2v) is 3.45. The first-order valence-electron chi connectivity index (χ1n) is 4.91. The Bertz CT molecular complexity index is 284. The van der Waals surface area contributed by atoms with Gasteiger partial charge < -0.3 is 9.47 Å². The van der Waals surface area contributed by atoms with E-state index in [-0.39, 0.29) is 31.5 Å². The Morgan fingerprint density at radius 1 is 1.53 bits per heavy atom. The molecule has 0 N–H and O–H groups in total. The maximum absolute atomic E-state index is 11.4. The summed E-state index contributed by atoms with van der Waals surface area (Å²) in [5.74, 6) is -2.96. The summed E-state index contributed by atoms with van der Waals surface area (Å²) in [6, 6.07) is 0. The van der Waals surface area contributed by atoms with Gasteiger partial charge in [-0.05, 0) is 13.8 Å². The summed E-state index contributed by atoms with van der Waals surface area (Å²) < 4.78 is 9.70. The molecular weight excluding hydrogens is 200 g/mol. The lowest BCUT2D eigenvalue weighted by Crippen LogP contribution is -2.40. The molecule has 0 aromatic heterocycles. The molecule has 0 bridgehead atoms. The van der Waals surface area contributed by atoms with E-state index in [0.717, 1.165) is 0 Å². The highest BCUT2D eigenvalue weighted by Crippen LogP contribution is 2.16. The van der Waals surface area contributed by atoms with Gasteiger partial charge in [0.05, 0.1) is 19.3 Å². The molecule has 0 aliphatic carbocycles. The van der Waals surface area contributed by atoms with Gasteiger partial charge in [-0.2, -0.15) is 0 Å². The molecule has 0 aromatic rings. The number of hydrogen-bond acceptors (Lipinski definition) is 5. The highest BCUT2D eigenvalue weighted by Gasteiger charge is 2.36. The van der Waals surface area contributed by atoms with E-state index in [9.17, 15) is 14.4 Å². The number of ether oxygens (including phenoxy) is 2. The summed E-state index contributed by atoms with van der Waals surface area (Å²) in [7, 11) is 0. The van der Waals surface area contributed by atoms with E-state index in [1.54, 1.807) is 13.8 Å². The van der Waals surface area contributed by atoms with Gasteiger partial charge in [0.2, 0.25) is 0 Å². The zero-order valence-electron chi connectivity index (χ0n) is 8.82. The lowest BCUT2D eigenvalue weighted by atomic mass is 9.93. The molecule has 0 radical (unpaired) electrons. The minimum Gasteiger partial charge on any atom is -0.460 e. The minimum atomic E-state index is -0.972. The number of esters is 1. The first-order chi connectivity index (χ1) is 7.06. The first kappa shape index (κ1) is 11.8. The predicted octanol–water partition coefficient (Wildman–Crippen LogP) is 0.113. The number of Topliss-reactive ketones (excluding diaryl/α,β-unsaturated/α-hetero) is 2. The molecule has 1 aliphatic rings. The molecule has 0 amide bonds. The van der Waals surface area contributed by atoms with Gasteiger partial charge in [-0.25, -0.2) is 4.79 Å². The molecule has 15 heavy (non-hydrogen) atoms. The Labute approximate surface area is 87.7 Å². The van der Waals surface area contributed by atoms with Crippen LogP contribution in [0.3, 0.4) is 0 Å². The highest BCUT2D eigenvalue weighted by molar-refractivity contribution is 6.38. The van der Waals surface area contributed by atoms with Gasteiger partial charge in [-0.15, -0.1) is 0 Å². The van der Waals surface area contributed by atoms with E-state index in [1.807, 2.05) is 0 Å².